The van der Waals surface area contributed by atoms with E-state index in [1.807, 2.05) is 30.3 Å². The molecule has 0 bridgehead atoms. The number of benzene rings is 2. The van der Waals surface area contributed by atoms with Crippen LogP contribution in [0.5, 0.6) is 17.2 Å². The molecule has 2 rings (SSSR count). The molecule has 4 heteroatoms. The Morgan fingerprint density at radius 3 is 2.24 bits per heavy atom. The lowest BCUT2D eigenvalue weighted by molar-refractivity contribution is 0.225. The molecule has 0 fully saturated rings. The molecule has 0 aliphatic carbocycles. The standard InChI is InChI=1S/C13H9ClO3/c14-13(15)17-12-8-4-7-11(9-12)16-10-5-2-1-3-6-10/h1-9H. The van der Waals surface area contributed by atoms with Crippen LogP contribution in [-0.2, 0) is 0 Å². The number of hydrogen-bond acceptors (Lipinski definition) is 3. The Bertz CT molecular complexity index is 511. The Morgan fingerprint density at radius 1 is 0.882 bits per heavy atom. The first-order chi connectivity index (χ1) is 8.24. The van der Waals surface area contributed by atoms with Gasteiger partial charge in [0.15, 0.2) is 0 Å². The third kappa shape index (κ3) is 3.50. The fraction of sp³-hybridized carbons (Fsp3) is 0. The van der Waals surface area contributed by atoms with Crippen molar-refractivity contribution in [2.75, 3.05) is 0 Å². The van der Waals surface area contributed by atoms with Crippen molar-refractivity contribution >= 4 is 17.0 Å². The molecule has 2 aromatic carbocycles. The van der Waals surface area contributed by atoms with E-state index in [0.717, 1.165) is 0 Å². The predicted molar refractivity (Wildman–Crippen MR) is 64.8 cm³/mol. The summed E-state index contributed by atoms with van der Waals surface area (Å²) in [4.78, 5) is 10.6. The fourth-order valence-electron chi connectivity index (χ4n) is 1.32. The van der Waals surface area contributed by atoms with Crippen LogP contribution in [0.3, 0.4) is 0 Å². The summed E-state index contributed by atoms with van der Waals surface area (Å²) in [5.74, 6) is 1.63. The molecule has 0 N–H and O–H groups in total. The third-order valence-corrected chi connectivity index (χ3v) is 2.06. The molecule has 0 heterocycles. The second-order valence-electron chi connectivity index (χ2n) is 3.23. The molecule has 0 aliphatic heterocycles. The maximum absolute atomic E-state index is 10.6. The molecule has 0 saturated heterocycles. The van der Waals surface area contributed by atoms with Crippen LogP contribution >= 0.6 is 11.6 Å². The van der Waals surface area contributed by atoms with E-state index >= 15 is 0 Å². The highest BCUT2D eigenvalue weighted by atomic mass is 35.5. The van der Waals surface area contributed by atoms with Gasteiger partial charge in [-0.25, -0.2) is 4.79 Å². The highest BCUT2D eigenvalue weighted by molar-refractivity contribution is 6.61. The van der Waals surface area contributed by atoms with Gasteiger partial charge in [-0.1, -0.05) is 24.3 Å². The van der Waals surface area contributed by atoms with Gasteiger partial charge in [0.1, 0.15) is 17.2 Å². The highest BCUT2D eigenvalue weighted by Gasteiger charge is 2.02. The molecule has 0 radical (unpaired) electrons. The van der Waals surface area contributed by atoms with Gasteiger partial charge in [-0.3, -0.25) is 0 Å². The molecule has 0 amide bonds. The highest BCUT2D eigenvalue weighted by Crippen LogP contribution is 2.25. The maximum Gasteiger partial charge on any atom is 0.409 e. The van der Waals surface area contributed by atoms with Crippen LogP contribution in [0.15, 0.2) is 54.6 Å². The Kier molecular flexibility index (Phi) is 3.62. The van der Waals surface area contributed by atoms with Crippen molar-refractivity contribution in [3.05, 3.63) is 54.6 Å². The molecule has 0 spiro atoms. The molecule has 0 unspecified atom stereocenters. The maximum atomic E-state index is 10.6. The molecule has 0 aromatic heterocycles. The Morgan fingerprint density at radius 2 is 1.53 bits per heavy atom. The zero-order chi connectivity index (χ0) is 12.1. The van der Waals surface area contributed by atoms with Gasteiger partial charge in [0, 0.05) is 17.7 Å². The van der Waals surface area contributed by atoms with Gasteiger partial charge in [-0.15, -0.1) is 0 Å². The first kappa shape index (κ1) is 11.5. The smallest absolute Gasteiger partial charge is 0.409 e. The number of carbonyl (C=O) groups excluding carboxylic acids is 1. The van der Waals surface area contributed by atoms with E-state index in [-0.39, 0.29) is 0 Å². The summed E-state index contributed by atoms with van der Waals surface area (Å²) in [6.07, 6.45) is 0. The van der Waals surface area contributed by atoms with Gasteiger partial charge in [-0.2, -0.15) is 0 Å². The van der Waals surface area contributed by atoms with Crippen LogP contribution in [0, 0.1) is 0 Å². The summed E-state index contributed by atoms with van der Waals surface area (Å²) in [6, 6.07) is 16.0. The van der Waals surface area contributed by atoms with Crippen molar-refractivity contribution < 1.29 is 14.3 Å². The first-order valence-corrected chi connectivity index (χ1v) is 5.32. The molecule has 0 aliphatic rings. The third-order valence-electron chi connectivity index (χ3n) is 1.98. The average Bonchev–Trinajstić information content (AvgIpc) is 2.30. The second-order valence-corrected chi connectivity index (χ2v) is 3.54. The number of para-hydroxylation sites is 1. The minimum Gasteiger partial charge on any atom is -0.457 e. The van der Waals surface area contributed by atoms with Gasteiger partial charge in [0.2, 0.25) is 0 Å². The van der Waals surface area contributed by atoms with Crippen molar-refractivity contribution in [1.29, 1.82) is 0 Å². The van der Waals surface area contributed by atoms with Crippen LogP contribution in [0.2, 0.25) is 0 Å². The van der Waals surface area contributed by atoms with Gasteiger partial charge >= 0.3 is 5.43 Å². The Hall–Kier alpha value is -2.00. The molecular weight excluding hydrogens is 240 g/mol. The fourth-order valence-corrected chi connectivity index (χ4v) is 1.41. The summed E-state index contributed by atoms with van der Waals surface area (Å²) in [7, 11) is 0. The quantitative estimate of drug-likeness (QED) is 0.763. The Labute approximate surface area is 104 Å². The summed E-state index contributed by atoms with van der Waals surface area (Å²) < 4.78 is 10.3. The molecule has 0 saturated carbocycles. The van der Waals surface area contributed by atoms with E-state index in [9.17, 15) is 4.79 Å². The van der Waals surface area contributed by atoms with E-state index in [0.29, 0.717) is 17.2 Å². The van der Waals surface area contributed by atoms with E-state index in [2.05, 4.69) is 0 Å². The predicted octanol–water partition coefficient (Wildman–Crippen LogP) is 4.22. The number of rotatable bonds is 3. The normalized spacial score (nSPS) is 9.71. The van der Waals surface area contributed by atoms with Crippen LogP contribution in [0.4, 0.5) is 4.79 Å². The van der Waals surface area contributed by atoms with E-state index in [1.54, 1.807) is 24.3 Å². The number of carbonyl (C=O) groups is 1. The summed E-state index contributed by atoms with van der Waals surface area (Å²) >= 11 is 5.12. The minimum absolute atomic E-state index is 0.346. The summed E-state index contributed by atoms with van der Waals surface area (Å²) in [5.41, 5.74) is -0.873. The number of halogens is 1. The zero-order valence-corrected chi connectivity index (χ0v) is 9.55. The van der Waals surface area contributed by atoms with Crippen LogP contribution in [-0.4, -0.2) is 5.43 Å². The average molecular weight is 249 g/mol. The van der Waals surface area contributed by atoms with Crippen molar-refractivity contribution in [2.45, 2.75) is 0 Å². The topological polar surface area (TPSA) is 35.5 Å². The minimum atomic E-state index is -0.873. The first-order valence-electron chi connectivity index (χ1n) is 4.94. The van der Waals surface area contributed by atoms with Crippen molar-refractivity contribution in [2.24, 2.45) is 0 Å². The number of ether oxygens (including phenoxy) is 2. The lowest BCUT2D eigenvalue weighted by atomic mass is 10.3. The van der Waals surface area contributed by atoms with Gasteiger partial charge < -0.3 is 9.47 Å². The molecular formula is C13H9ClO3. The zero-order valence-electron chi connectivity index (χ0n) is 8.80. The van der Waals surface area contributed by atoms with Gasteiger partial charge in [0.25, 0.3) is 0 Å². The van der Waals surface area contributed by atoms with Crippen LogP contribution in [0.1, 0.15) is 0 Å². The number of hydrogen-bond donors (Lipinski definition) is 0. The van der Waals surface area contributed by atoms with Crippen molar-refractivity contribution in [3.63, 3.8) is 0 Å². The molecule has 2 aromatic rings. The van der Waals surface area contributed by atoms with Crippen LogP contribution < -0.4 is 9.47 Å². The Balaban J connectivity index is 2.14. The van der Waals surface area contributed by atoms with Crippen molar-refractivity contribution in [3.8, 4) is 17.2 Å². The summed E-state index contributed by atoms with van der Waals surface area (Å²) in [6.45, 7) is 0. The van der Waals surface area contributed by atoms with Gasteiger partial charge in [0.05, 0.1) is 0 Å². The van der Waals surface area contributed by atoms with Crippen LogP contribution in [0.25, 0.3) is 0 Å². The lowest BCUT2D eigenvalue weighted by Crippen LogP contribution is -1.95. The monoisotopic (exact) mass is 248 g/mol. The molecule has 0 atom stereocenters. The summed E-state index contributed by atoms with van der Waals surface area (Å²) in [5, 5.41) is 0. The van der Waals surface area contributed by atoms with E-state index < -0.39 is 5.43 Å². The second kappa shape index (κ2) is 5.37. The van der Waals surface area contributed by atoms with E-state index in [4.69, 9.17) is 21.1 Å². The SMILES string of the molecule is O=C(Cl)Oc1cccc(Oc2ccccc2)c1. The lowest BCUT2D eigenvalue weighted by Gasteiger charge is -2.06. The van der Waals surface area contributed by atoms with Gasteiger partial charge in [-0.05, 0) is 24.3 Å². The van der Waals surface area contributed by atoms with Crippen molar-refractivity contribution in [1.82, 2.24) is 0 Å². The molecule has 3 nitrogen and oxygen atoms in total. The van der Waals surface area contributed by atoms with E-state index in [1.165, 1.54) is 0 Å². The largest absolute Gasteiger partial charge is 0.457 e. The molecule has 86 valence electrons. The molecule has 17 heavy (non-hydrogen) atoms.